The minimum atomic E-state index is -0.490. The number of methoxy groups -OCH3 is 1. The van der Waals surface area contributed by atoms with Crippen molar-refractivity contribution in [3.63, 3.8) is 0 Å². The predicted octanol–water partition coefficient (Wildman–Crippen LogP) is 4.26. The van der Waals surface area contributed by atoms with Gasteiger partial charge in [-0.25, -0.2) is 9.78 Å². The van der Waals surface area contributed by atoms with Gasteiger partial charge in [0.2, 0.25) is 0 Å². The van der Waals surface area contributed by atoms with E-state index in [0.717, 1.165) is 17.1 Å². The van der Waals surface area contributed by atoms with Crippen molar-refractivity contribution >= 4 is 28.9 Å². The van der Waals surface area contributed by atoms with E-state index in [4.69, 9.17) is 9.47 Å². The standard InChI is InChI=1S/C22H21N3O4/c1-3-29-22(27)18-6-4-5-7-19(18)25-21(26)20-13-10-16(14-23-20)24-15-8-11-17(28-2)12-9-15/h4-14,24H,3H2,1-2H3,(H,25,26). The van der Waals surface area contributed by atoms with Crippen molar-refractivity contribution in [2.75, 3.05) is 24.4 Å². The van der Waals surface area contributed by atoms with E-state index in [9.17, 15) is 9.59 Å². The summed E-state index contributed by atoms with van der Waals surface area (Å²) in [7, 11) is 1.61. The third-order valence-electron chi connectivity index (χ3n) is 4.05. The Morgan fingerprint density at radius 3 is 2.34 bits per heavy atom. The van der Waals surface area contributed by atoms with E-state index >= 15 is 0 Å². The molecule has 0 bridgehead atoms. The fourth-order valence-electron chi connectivity index (χ4n) is 2.61. The van der Waals surface area contributed by atoms with Crippen LogP contribution < -0.4 is 15.4 Å². The van der Waals surface area contributed by atoms with Crippen LogP contribution in [0.15, 0.2) is 66.9 Å². The number of anilines is 3. The van der Waals surface area contributed by atoms with Gasteiger partial charge in [-0.3, -0.25) is 4.79 Å². The molecule has 0 fully saturated rings. The van der Waals surface area contributed by atoms with Crippen LogP contribution in [0.4, 0.5) is 17.1 Å². The number of aromatic nitrogens is 1. The minimum absolute atomic E-state index is 0.226. The molecule has 0 atom stereocenters. The van der Waals surface area contributed by atoms with Gasteiger partial charge >= 0.3 is 5.97 Å². The maximum atomic E-state index is 12.5. The van der Waals surface area contributed by atoms with Crippen molar-refractivity contribution in [3.05, 3.63) is 78.1 Å². The molecule has 0 saturated carbocycles. The lowest BCUT2D eigenvalue weighted by molar-refractivity contribution is 0.0527. The number of amides is 1. The Balaban J connectivity index is 1.68. The molecule has 1 heterocycles. The first-order valence-electron chi connectivity index (χ1n) is 9.05. The van der Waals surface area contributed by atoms with Gasteiger partial charge in [-0.15, -0.1) is 0 Å². The number of carbonyl (C=O) groups is 2. The molecule has 2 aromatic carbocycles. The number of nitrogens with zero attached hydrogens (tertiary/aromatic N) is 1. The van der Waals surface area contributed by atoms with E-state index < -0.39 is 11.9 Å². The fourth-order valence-corrected chi connectivity index (χ4v) is 2.61. The van der Waals surface area contributed by atoms with Crippen LogP contribution in [0.2, 0.25) is 0 Å². The molecule has 1 amide bonds. The van der Waals surface area contributed by atoms with E-state index in [0.29, 0.717) is 11.3 Å². The van der Waals surface area contributed by atoms with Crippen LogP contribution in [0.5, 0.6) is 5.75 Å². The summed E-state index contributed by atoms with van der Waals surface area (Å²) in [5.74, 6) is -0.142. The molecule has 0 aliphatic rings. The summed E-state index contributed by atoms with van der Waals surface area (Å²) in [5, 5.41) is 5.91. The molecule has 0 spiro atoms. The van der Waals surface area contributed by atoms with Gasteiger partial charge in [0.25, 0.3) is 5.91 Å². The zero-order chi connectivity index (χ0) is 20.6. The summed E-state index contributed by atoms with van der Waals surface area (Å²) in [6.07, 6.45) is 1.57. The lowest BCUT2D eigenvalue weighted by Crippen LogP contribution is -2.17. The highest BCUT2D eigenvalue weighted by molar-refractivity contribution is 6.07. The second-order valence-corrected chi connectivity index (χ2v) is 6.01. The Morgan fingerprint density at radius 2 is 1.69 bits per heavy atom. The highest BCUT2D eigenvalue weighted by atomic mass is 16.5. The largest absolute Gasteiger partial charge is 0.497 e. The number of nitrogens with one attached hydrogen (secondary N) is 2. The maximum absolute atomic E-state index is 12.5. The van der Waals surface area contributed by atoms with Crippen LogP contribution in [0.3, 0.4) is 0 Å². The Morgan fingerprint density at radius 1 is 0.966 bits per heavy atom. The van der Waals surface area contributed by atoms with E-state index in [1.165, 1.54) is 0 Å². The first-order chi connectivity index (χ1) is 14.1. The van der Waals surface area contributed by atoms with Gasteiger partial charge < -0.3 is 20.1 Å². The molecule has 2 N–H and O–H groups in total. The first kappa shape index (κ1) is 19.9. The Labute approximate surface area is 168 Å². The van der Waals surface area contributed by atoms with Crippen LogP contribution in [-0.2, 0) is 4.74 Å². The van der Waals surface area contributed by atoms with Gasteiger partial charge in [-0.2, -0.15) is 0 Å². The smallest absolute Gasteiger partial charge is 0.340 e. The molecule has 1 aromatic heterocycles. The number of hydrogen-bond acceptors (Lipinski definition) is 6. The van der Waals surface area contributed by atoms with Gasteiger partial charge in [-0.1, -0.05) is 12.1 Å². The summed E-state index contributed by atoms with van der Waals surface area (Å²) in [6, 6.07) is 17.5. The number of benzene rings is 2. The van der Waals surface area contributed by atoms with Crippen molar-refractivity contribution in [2.45, 2.75) is 6.92 Å². The maximum Gasteiger partial charge on any atom is 0.340 e. The van der Waals surface area contributed by atoms with Crippen LogP contribution in [0.25, 0.3) is 0 Å². The second-order valence-electron chi connectivity index (χ2n) is 6.01. The van der Waals surface area contributed by atoms with Gasteiger partial charge in [0.15, 0.2) is 0 Å². The van der Waals surface area contributed by atoms with Gasteiger partial charge in [0.1, 0.15) is 11.4 Å². The van der Waals surface area contributed by atoms with E-state index in [2.05, 4.69) is 15.6 Å². The summed E-state index contributed by atoms with van der Waals surface area (Å²) in [6.45, 7) is 1.98. The summed E-state index contributed by atoms with van der Waals surface area (Å²) in [4.78, 5) is 28.8. The summed E-state index contributed by atoms with van der Waals surface area (Å²) in [5.41, 5.74) is 2.49. The van der Waals surface area contributed by atoms with Crippen molar-refractivity contribution in [1.29, 1.82) is 0 Å². The van der Waals surface area contributed by atoms with Gasteiger partial charge in [0, 0.05) is 5.69 Å². The highest BCUT2D eigenvalue weighted by Crippen LogP contribution is 2.20. The van der Waals surface area contributed by atoms with Crippen molar-refractivity contribution in [1.82, 2.24) is 4.98 Å². The van der Waals surface area contributed by atoms with Crippen LogP contribution in [-0.4, -0.2) is 30.6 Å². The average molecular weight is 391 g/mol. The molecule has 7 nitrogen and oxygen atoms in total. The highest BCUT2D eigenvalue weighted by Gasteiger charge is 2.15. The molecular weight excluding hydrogens is 370 g/mol. The molecule has 148 valence electrons. The number of rotatable bonds is 7. The Bertz CT molecular complexity index is 986. The average Bonchev–Trinajstić information content (AvgIpc) is 2.75. The lowest BCUT2D eigenvalue weighted by atomic mass is 10.1. The Hall–Kier alpha value is -3.87. The minimum Gasteiger partial charge on any atom is -0.497 e. The van der Waals surface area contributed by atoms with Crippen LogP contribution in [0, 0.1) is 0 Å². The predicted molar refractivity (Wildman–Crippen MR) is 111 cm³/mol. The first-order valence-corrected chi connectivity index (χ1v) is 9.05. The number of pyridine rings is 1. The molecule has 7 heteroatoms. The van der Waals surface area contributed by atoms with E-state index in [-0.39, 0.29) is 12.3 Å². The van der Waals surface area contributed by atoms with Gasteiger partial charge in [0.05, 0.1) is 36.9 Å². The number of carbonyl (C=O) groups excluding carboxylic acids is 2. The van der Waals surface area contributed by atoms with Crippen molar-refractivity contribution in [3.8, 4) is 5.75 Å². The topological polar surface area (TPSA) is 89.5 Å². The van der Waals surface area contributed by atoms with Gasteiger partial charge in [-0.05, 0) is 55.5 Å². The zero-order valence-electron chi connectivity index (χ0n) is 16.1. The summed E-state index contributed by atoms with van der Waals surface area (Å²) < 4.78 is 10.2. The fraction of sp³-hybridized carbons (Fsp3) is 0.136. The molecule has 0 radical (unpaired) electrons. The van der Waals surface area contributed by atoms with E-state index in [1.807, 2.05) is 24.3 Å². The number of ether oxygens (including phenoxy) is 2. The summed E-state index contributed by atoms with van der Waals surface area (Å²) >= 11 is 0. The quantitative estimate of drug-likeness (QED) is 0.585. The molecule has 3 rings (SSSR count). The number of para-hydroxylation sites is 1. The molecule has 29 heavy (non-hydrogen) atoms. The normalized spacial score (nSPS) is 10.1. The number of esters is 1. The van der Waals surface area contributed by atoms with Crippen molar-refractivity contribution < 1.29 is 19.1 Å². The zero-order valence-corrected chi connectivity index (χ0v) is 16.1. The van der Waals surface area contributed by atoms with Crippen LogP contribution >= 0.6 is 0 Å². The lowest BCUT2D eigenvalue weighted by Gasteiger charge is -2.11. The molecular formula is C22H21N3O4. The van der Waals surface area contributed by atoms with Crippen molar-refractivity contribution in [2.24, 2.45) is 0 Å². The second kappa shape index (κ2) is 9.36. The third-order valence-corrected chi connectivity index (χ3v) is 4.05. The SMILES string of the molecule is CCOC(=O)c1ccccc1NC(=O)c1ccc(Nc2ccc(OC)cc2)cn1. The monoisotopic (exact) mass is 391 g/mol. The molecule has 0 unspecified atom stereocenters. The number of hydrogen-bond donors (Lipinski definition) is 2. The molecule has 0 aliphatic carbocycles. The Kier molecular flexibility index (Phi) is 6.42. The molecule has 3 aromatic rings. The van der Waals surface area contributed by atoms with E-state index in [1.54, 1.807) is 56.6 Å². The molecule has 0 saturated heterocycles. The molecule has 0 aliphatic heterocycles. The van der Waals surface area contributed by atoms with Crippen LogP contribution in [0.1, 0.15) is 27.8 Å². The third kappa shape index (κ3) is 5.10.